The van der Waals surface area contributed by atoms with Crippen LogP contribution in [0.2, 0.25) is 5.02 Å². The molecular formula is C19H19ClN2O. The van der Waals surface area contributed by atoms with Crippen LogP contribution in [0.1, 0.15) is 32.7 Å². The van der Waals surface area contributed by atoms with Gasteiger partial charge in [0.15, 0.2) is 0 Å². The predicted molar refractivity (Wildman–Crippen MR) is 96.5 cm³/mol. The summed E-state index contributed by atoms with van der Waals surface area (Å²) < 4.78 is 2.14. The lowest BCUT2D eigenvalue weighted by Crippen LogP contribution is -2.02. The first kappa shape index (κ1) is 15.6. The minimum absolute atomic E-state index is 0.677. The van der Waals surface area contributed by atoms with Crippen molar-refractivity contribution in [1.82, 2.24) is 4.57 Å². The van der Waals surface area contributed by atoms with Gasteiger partial charge in [0.05, 0.1) is 5.52 Å². The van der Waals surface area contributed by atoms with Gasteiger partial charge < -0.3 is 10.3 Å². The van der Waals surface area contributed by atoms with Crippen molar-refractivity contribution in [2.24, 2.45) is 7.05 Å². The number of hydrogen-bond acceptors (Lipinski definition) is 2. The van der Waals surface area contributed by atoms with Gasteiger partial charge in [-0.05, 0) is 60.9 Å². The molecule has 0 aliphatic heterocycles. The predicted octanol–water partition coefficient (Wildman–Crippen LogP) is 4.43. The lowest BCUT2D eigenvalue weighted by Gasteiger charge is -2.11. The molecule has 2 aromatic carbocycles. The molecule has 0 saturated carbocycles. The number of aryl methyl sites for hydroxylation is 2. The normalized spacial score (nSPS) is 11.1. The van der Waals surface area contributed by atoms with Gasteiger partial charge in [0.2, 0.25) is 0 Å². The summed E-state index contributed by atoms with van der Waals surface area (Å²) in [7, 11) is 2.03. The van der Waals surface area contributed by atoms with E-state index in [4.69, 9.17) is 17.3 Å². The fourth-order valence-electron chi connectivity index (χ4n) is 3.13. The van der Waals surface area contributed by atoms with Crippen LogP contribution < -0.4 is 5.73 Å². The number of hydrogen-bond donors (Lipinski definition) is 1. The van der Waals surface area contributed by atoms with Crippen LogP contribution in [-0.4, -0.2) is 10.9 Å². The average Bonchev–Trinajstić information content (AvgIpc) is 2.81. The third-order valence-electron chi connectivity index (χ3n) is 4.56. The fraction of sp³-hybridized carbons (Fsp3) is 0.211. The molecule has 3 rings (SSSR count). The van der Waals surface area contributed by atoms with E-state index >= 15 is 0 Å². The molecule has 1 heterocycles. The first-order valence-corrected chi connectivity index (χ1v) is 7.87. The molecule has 0 aliphatic carbocycles. The second-order valence-corrected chi connectivity index (χ2v) is 6.41. The molecule has 3 aromatic rings. The molecule has 2 N–H and O–H groups in total. The second-order valence-electron chi connectivity index (χ2n) is 6.00. The number of aldehydes is 1. The van der Waals surface area contributed by atoms with Gasteiger partial charge >= 0.3 is 0 Å². The van der Waals surface area contributed by atoms with Crippen molar-refractivity contribution in [3.8, 4) is 0 Å². The summed E-state index contributed by atoms with van der Waals surface area (Å²) in [6.07, 6.45) is 1.55. The van der Waals surface area contributed by atoms with E-state index in [1.54, 1.807) is 12.1 Å². The highest BCUT2D eigenvalue weighted by atomic mass is 35.5. The monoisotopic (exact) mass is 326 g/mol. The van der Waals surface area contributed by atoms with Crippen LogP contribution in [0.5, 0.6) is 0 Å². The lowest BCUT2D eigenvalue weighted by molar-refractivity contribution is 0.112. The molecule has 4 heteroatoms. The van der Waals surface area contributed by atoms with Crippen LogP contribution in [0.3, 0.4) is 0 Å². The van der Waals surface area contributed by atoms with E-state index in [-0.39, 0.29) is 0 Å². The molecule has 0 bridgehead atoms. The van der Waals surface area contributed by atoms with Crippen LogP contribution >= 0.6 is 11.6 Å². The molecule has 0 aliphatic rings. The number of aromatic nitrogens is 1. The summed E-state index contributed by atoms with van der Waals surface area (Å²) in [5.74, 6) is 0. The number of nitrogen functional groups attached to an aromatic ring is 1. The van der Waals surface area contributed by atoms with Crippen LogP contribution in [0.25, 0.3) is 10.9 Å². The molecule has 0 atom stereocenters. The number of rotatable bonds is 3. The number of benzene rings is 2. The average molecular weight is 327 g/mol. The molecule has 3 nitrogen and oxygen atoms in total. The Morgan fingerprint density at radius 3 is 2.65 bits per heavy atom. The number of halogens is 1. The van der Waals surface area contributed by atoms with Crippen LogP contribution in [0.15, 0.2) is 30.3 Å². The molecule has 0 radical (unpaired) electrons. The Bertz CT molecular complexity index is 925. The van der Waals surface area contributed by atoms with Crippen molar-refractivity contribution in [3.05, 3.63) is 63.3 Å². The van der Waals surface area contributed by atoms with Crippen molar-refractivity contribution < 1.29 is 4.79 Å². The Morgan fingerprint density at radius 2 is 1.96 bits per heavy atom. The fourth-order valence-corrected chi connectivity index (χ4v) is 3.40. The summed E-state index contributed by atoms with van der Waals surface area (Å²) in [6, 6.07) is 9.70. The molecule has 0 fully saturated rings. The van der Waals surface area contributed by atoms with Gasteiger partial charge in [-0.25, -0.2) is 0 Å². The van der Waals surface area contributed by atoms with Gasteiger partial charge in [-0.15, -0.1) is 0 Å². The van der Waals surface area contributed by atoms with Gasteiger partial charge in [-0.3, -0.25) is 4.79 Å². The summed E-state index contributed by atoms with van der Waals surface area (Å²) in [4.78, 5) is 11.2. The number of nitrogens with zero attached hydrogens (tertiary/aromatic N) is 1. The van der Waals surface area contributed by atoms with Crippen LogP contribution in [-0.2, 0) is 13.5 Å². The highest BCUT2D eigenvalue weighted by Gasteiger charge is 2.14. The maximum Gasteiger partial charge on any atom is 0.150 e. The first-order chi connectivity index (χ1) is 10.9. The number of fused-ring (bicyclic) bond motifs is 1. The summed E-state index contributed by atoms with van der Waals surface area (Å²) in [5.41, 5.74) is 12.8. The van der Waals surface area contributed by atoms with E-state index in [0.717, 1.165) is 39.9 Å². The Labute approximate surface area is 140 Å². The molecule has 0 saturated heterocycles. The Kier molecular flexibility index (Phi) is 3.90. The highest BCUT2D eigenvalue weighted by Crippen LogP contribution is 2.29. The maximum atomic E-state index is 11.2. The van der Waals surface area contributed by atoms with Crippen molar-refractivity contribution >= 4 is 34.5 Å². The van der Waals surface area contributed by atoms with Crippen LogP contribution in [0, 0.1) is 13.8 Å². The number of carbonyl (C=O) groups is 1. The van der Waals surface area contributed by atoms with E-state index in [9.17, 15) is 4.79 Å². The minimum Gasteiger partial charge on any atom is -0.399 e. The van der Waals surface area contributed by atoms with Gasteiger partial charge in [-0.1, -0.05) is 11.6 Å². The quantitative estimate of drug-likeness (QED) is 0.571. The first-order valence-electron chi connectivity index (χ1n) is 7.50. The van der Waals surface area contributed by atoms with Crippen molar-refractivity contribution in [3.63, 3.8) is 0 Å². The molecule has 118 valence electrons. The van der Waals surface area contributed by atoms with Crippen molar-refractivity contribution in [2.45, 2.75) is 20.3 Å². The second kappa shape index (κ2) is 5.74. The Hall–Kier alpha value is -2.26. The lowest BCUT2D eigenvalue weighted by atomic mass is 9.99. The van der Waals surface area contributed by atoms with Gasteiger partial charge in [0.1, 0.15) is 6.29 Å². The van der Waals surface area contributed by atoms with E-state index in [2.05, 4.69) is 17.6 Å². The van der Waals surface area contributed by atoms with Gasteiger partial charge in [0.25, 0.3) is 0 Å². The number of nitrogens with two attached hydrogens (primary N) is 1. The highest BCUT2D eigenvalue weighted by molar-refractivity contribution is 6.31. The van der Waals surface area contributed by atoms with Gasteiger partial charge in [-0.2, -0.15) is 0 Å². The molecule has 0 unspecified atom stereocenters. The van der Waals surface area contributed by atoms with E-state index in [1.807, 2.05) is 26.1 Å². The summed E-state index contributed by atoms with van der Waals surface area (Å²) >= 11 is 6.37. The van der Waals surface area contributed by atoms with E-state index < -0.39 is 0 Å². The Morgan fingerprint density at radius 1 is 1.22 bits per heavy atom. The van der Waals surface area contributed by atoms with Crippen molar-refractivity contribution in [2.75, 3.05) is 5.73 Å². The topological polar surface area (TPSA) is 48.0 Å². The zero-order valence-corrected chi connectivity index (χ0v) is 14.2. The van der Waals surface area contributed by atoms with E-state index in [1.165, 1.54) is 5.39 Å². The maximum absolute atomic E-state index is 11.2. The minimum atomic E-state index is 0.677. The number of anilines is 1. The van der Waals surface area contributed by atoms with Crippen molar-refractivity contribution in [1.29, 1.82) is 0 Å². The third kappa shape index (κ3) is 2.62. The van der Waals surface area contributed by atoms with Crippen LogP contribution in [0.4, 0.5) is 5.69 Å². The molecule has 0 spiro atoms. The molecule has 23 heavy (non-hydrogen) atoms. The summed E-state index contributed by atoms with van der Waals surface area (Å²) in [5, 5.41) is 1.88. The SMILES string of the molecule is Cc1c(C=O)ccc(Cl)c1Cc1cc2c(C)cc(N)cc2n1C. The molecular weight excluding hydrogens is 308 g/mol. The van der Waals surface area contributed by atoms with E-state index in [0.29, 0.717) is 17.0 Å². The Balaban J connectivity index is 2.15. The third-order valence-corrected chi connectivity index (χ3v) is 4.91. The zero-order chi connectivity index (χ0) is 16.7. The summed E-state index contributed by atoms with van der Waals surface area (Å²) in [6.45, 7) is 4.00. The standard InChI is InChI=1S/C19H19ClN2O/c1-11-6-14(21)7-19-16(11)8-15(22(19)3)9-17-12(2)13(10-23)4-5-18(17)20/h4-8,10H,9,21H2,1-3H3. The number of carbonyl (C=O) groups excluding carboxylic acids is 1. The zero-order valence-electron chi connectivity index (χ0n) is 13.5. The molecule has 1 aromatic heterocycles. The van der Waals surface area contributed by atoms with Gasteiger partial charge in [0, 0.05) is 40.8 Å². The smallest absolute Gasteiger partial charge is 0.150 e. The molecule has 0 amide bonds. The largest absolute Gasteiger partial charge is 0.399 e.